The molecule has 6 nitrogen and oxygen atoms in total. The zero-order valence-corrected chi connectivity index (χ0v) is 16.7. The van der Waals surface area contributed by atoms with Crippen LogP contribution in [0, 0.1) is 0 Å². The molecule has 0 spiro atoms. The first-order valence-corrected chi connectivity index (χ1v) is 9.87. The monoisotopic (exact) mass is 420 g/mol. The van der Waals surface area contributed by atoms with E-state index in [1.54, 1.807) is 24.9 Å². The Labute approximate surface area is 172 Å². The Morgan fingerprint density at radius 1 is 1.30 bits per heavy atom. The van der Waals surface area contributed by atoms with Crippen molar-refractivity contribution in [3.63, 3.8) is 0 Å². The number of nitrogens with zero attached hydrogens (tertiary/aromatic N) is 2. The smallest absolute Gasteiger partial charge is 0.418 e. The Hall–Kier alpha value is -2.81. The molecule has 0 saturated carbocycles. The van der Waals surface area contributed by atoms with Gasteiger partial charge in [-0.25, -0.2) is 4.79 Å². The number of hydrogen-bond acceptors (Lipinski definition) is 6. The summed E-state index contributed by atoms with van der Waals surface area (Å²) in [6, 6.07) is 4.46. The van der Waals surface area contributed by atoms with Crippen molar-refractivity contribution >= 4 is 23.0 Å². The zero-order valence-electron chi connectivity index (χ0n) is 16.7. The number of piperidine rings is 1. The lowest BCUT2D eigenvalue weighted by atomic mass is 9.89. The number of nitrogens with one attached hydrogen (secondary N) is 2. The summed E-state index contributed by atoms with van der Waals surface area (Å²) in [6.45, 7) is 3.35. The van der Waals surface area contributed by atoms with Gasteiger partial charge in [-0.15, -0.1) is 0 Å². The molecule has 0 aliphatic carbocycles. The number of anilines is 3. The van der Waals surface area contributed by atoms with Crippen LogP contribution in [0.25, 0.3) is 0 Å². The third kappa shape index (κ3) is 3.69. The van der Waals surface area contributed by atoms with Gasteiger partial charge in [0, 0.05) is 37.4 Å². The molecule has 2 aliphatic heterocycles. The fourth-order valence-electron chi connectivity index (χ4n) is 4.41. The molecule has 9 heteroatoms. The molecule has 2 atom stereocenters. The highest BCUT2D eigenvalue weighted by Gasteiger charge is 2.45. The standard InChI is InChI=1S/C21H23F3N4O2/c1-3-30-20(29)12-6-14(10-26-9-12)27-13-7-15-16-11-25-5-4-18(16)28(2)19(15)17(8-13)21(22,23)24/h6-10,16,18,25,27H,3-5,11H2,1-2H3/t16?,18-/m0/s1. The molecule has 4 rings (SSSR count). The summed E-state index contributed by atoms with van der Waals surface area (Å²) in [5.41, 5.74) is 1.23. The fraction of sp³-hybridized carbons (Fsp3) is 0.429. The van der Waals surface area contributed by atoms with Crippen molar-refractivity contribution in [1.82, 2.24) is 10.3 Å². The van der Waals surface area contributed by atoms with E-state index in [0.717, 1.165) is 19.0 Å². The number of benzene rings is 1. The Kier molecular flexibility index (Phi) is 5.31. The lowest BCUT2D eigenvalue weighted by Crippen LogP contribution is -2.42. The van der Waals surface area contributed by atoms with Gasteiger partial charge >= 0.3 is 12.1 Å². The summed E-state index contributed by atoms with van der Waals surface area (Å²) >= 11 is 0. The van der Waals surface area contributed by atoms with Crippen LogP contribution in [-0.2, 0) is 10.9 Å². The van der Waals surface area contributed by atoms with E-state index >= 15 is 0 Å². The van der Waals surface area contributed by atoms with Crippen LogP contribution in [0.5, 0.6) is 0 Å². The second-order valence-corrected chi connectivity index (χ2v) is 7.54. The molecule has 2 N–H and O–H groups in total. The molecule has 2 aromatic rings. The van der Waals surface area contributed by atoms with Crippen molar-refractivity contribution < 1.29 is 22.7 Å². The number of carbonyl (C=O) groups excluding carboxylic acids is 1. The average molecular weight is 420 g/mol. The number of esters is 1. The molecular formula is C21H23F3N4O2. The van der Waals surface area contributed by atoms with Crippen LogP contribution < -0.4 is 15.5 Å². The predicted octanol–water partition coefficient (Wildman–Crippen LogP) is 3.92. The van der Waals surface area contributed by atoms with Crippen molar-refractivity contribution in [2.75, 3.05) is 37.0 Å². The van der Waals surface area contributed by atoms with E-state index < -0.39 is 17.7 Å². The number of rotatable bonds is 4. The minimum atomic E-state index is -4.48. The van der Waals surface area contributed by atoms with E-state index in [0.29, 0.717) is 23.5 Å². The molecule has 0 bridgehead atoms. The van der Waals surface area contributed by atoms with Crippen molar-refractivity contribution in [2.24, 2.45) is 0 Å². The van der Waals surface area contributed by atoms with Gasteiger partial charge in [-0.3, -0.25) is 4.98 Å². The average Bonchev–Trinajstić information content (AvgIpc) is 3.00. The minimum absolute atomic E-state index is 0.00871. The number of alkyl halides is 3. The first kappa shape index (κ1) is 20.5. The van der Waals surface area contributed by atoms with Crippen LogP contribution in [0.3, 0.4) is 0 Å². The molecule has 3 heterocycles. The first-order valence-electron chi connectivity index (χ1n) is 9.87. The number of halogens is 3. The SMILES string of the molecule is CCOC(=O)c1cncc(Nc2cc3c(c(C(F)(F)F)c2)N(C)[C@H]2CCNCC32)c1. The maximum absolute atomic E-state index is 13.9. The third-order valence-electron chi connectivity index (χ3n) is 5.68. The van der Waals surface area contributed by atoms with Gasteiger partial charge in [0.1, 0.15) is 0 Å². The molecule has 1 unspecified atom stereocenters. The van der Waals surface area contributed by atoms with E-state index in [1.807, 2.05) is 0 Å². The lowest BCUT2D eigenvalue weighted by Gasteiger charge is -2.31. The maximum Gasteiger partial charge on any atom is 0.418 e. The summed E-state index contributed by atoms with van der Waals surface area (Å²) in [6.07, 6.45) is -0.871. The Morgan fingerprint density at radius 2 is 2.10 bits per heavy atom. The largest absolute Gasteiger partial charge is 0.462 e. The zero-order chi connectivity index (χ0) is 21.5. The van der Waals surface area contributed by atoms with Crippen LogP contribution in [-0.4, -0.2) is 43.7 Å². The van der Waals surface area contributed by atoms with Crippen molar-refractivity contribution in [3.8, 4) is 0 Å². The number of likely N-dealkylation sites (N-methyl/N-ethyl adjacent to an activating group) is 1. The number of aromatic nitrogens is 1. The summed E-state index contributed by atoms with van der Waals surface area (Å²) in [7, 11) is 1.74. The molecule has 1 aromatic carbocycles. The van der Waals surface area contributed by atoms with Gasteiger partial charge in [0.05, 0.1) is 35.3 Å². The fourth-order valence-corrected chi connectivity index (χ4v) is 4.41. The van der Waals surface area contributed by atoms with Crippen molar-refractivity contribution in [1.29, 1.82) is 0 Å². The molecule has 1 saturated heterocycles. The number of hydrogen-bond donors (Lipinski definition) is 2. The number of carbonyl (C=O) groups is 1. The molecule has 160 valence electrons. The highest BCUT2D eigenvalue weighted by molar-refractivity contribution is 5.90. The lowest BCUT2D eigenvalue weighted by molar-refractivity contribution is -0.137. The van der Waals surface area contributed by atoms with Crippen LogP contribution in [0.4, 0.5) is 30.2 Å². The van der Waals surface area contributed by atoms with Gasteiger partial charge < -0.3 is 20.3 Å². The highest BCUT2D eigenvalue weighted by Crippen LogP contribution is 2.50. The van der Waals surface area contributed by atoms with Crippen LogP contribution in [0.15, 0.2) is 30.6 Å². The van der Waals surface area contributed by atoms with Gasteiger partial charge in [-0.1, -0.05) is 0 Å². The topological polar surface area (TPSA) is 66.5 Å². The van der Waals surface area contributed by atoms with Gasteiger partial charge in [0.2, 0.25) is 0 Å². The number of fused-ring (bicyclic) bond motifs is 3. The first-order chi connectivity index (χ1) is 14.3. The van der Waals surface area contributed by atoms with Gasteiger partial charge in [-0.2, -0.15) is 13.2 Å². The Bertz CT molecular complexity index is 964. The van der Waals surface area contributed by atoms with Crippen LogP contribution >= 0.6 is 0 Å². The van der Waals surface area contributed by atoms with E-state index in [1.165, 1.54) is 18.5 Å². The maximum atomic E-state index is 13.9. The quantitative estimate of drug-likeness (QED) is 0.731. The molecule has 1 aromatic heterocycles. The van der Waals surface area contributed by atoms with E-state index in [4.69, 9.17) is 4.74 Å². The Morgan fingerprint density at radius 3 is 2.83 bits per heavy atom. The Balaban J connectivity index is 1.73. The highest BCUT2D eigenvalue weighted by atomic mass is 19.4. The molecule has 1 fully saturated rings. The van der Waals surface area contributed by atoms with Crippen LogP contribution in [0.2, 0.25) is 0 Å². The molecule has 2 aliphatic rings. The van der Waals surface area contributed by atoms with Crippen molar-refractivity contribution in [3.05, 3.63) is 47.3 Å². The van der Waals surface area contributed by atoms with Gasteiger partial charge in [0.25, 0.3) is 0 Å². The van der Waals surface area contributed by atoms with E-state index in [-0.39, 0.29) is 29.8 Å². The molecule has 0 radical (unpaired) electrons. The predicted molar refractivity (Wildman–Crippen MR) is 107 cm³/mol. The van der Waals surface area contributed by atoms with Crippen LogP contribution in [0.1, 0.15) is 40.7 Å². The minimum Gasteiger partial charge on any atom is -0.462 e. The molecule has 0 amide bonds. The summed E-state index contributed by atoms with van der Waals surface area (Å²) < 4.78 is 46.7. The summed E-state index contributed by atoms with van der Waals surface area (Å²) in [4.78, 5) is 17.7. The number of ether oxygens (including phenoxy) is 1. The van der Waals surface area contributed by atoms with E-state index in [9.17, 15) is 18.0 Å². The normalized spacial score (nSPS) is 20.5. The van der Waals surface area contributed by atoms with E-state index in [2.05, 4.69) is 15.6 Å². The van der Waals surface area contributed by atoms with Crippen molar-refractivity contribution in [2.45, 2.75) is 31.5 Å². The van der Waals surface area contributed by atoms with Gasteiger partial charge in [-0.05, 0) is 43.7 Å². The second-order valence-electron chi connectivity index (χ2n) is 7.54. The second kappa shape index (κ2) is 7.79. The third-order valence-corrected chi connectivity index (χ3v) is 5.68. The molecular weight excluding hydrogens is 397 g/mol. The summed E-state index contributed by atoms with van der Waals surface area (Å²) in [5.74, 6) is -0.540. The number of pyridine rings is 1. The summed E-state index contributed by atoms with van der Waals surface area (Å²) in [5, 5.41) is 6.27. The van der Waals surface area contributed by atoms with Gasteiger partial charge in [0.15, 0.2) is 0 Å². The molecule has 30 heavy (non-hydrogen) atoms.